The minimum atomic E-state index is -0.0464. The van der Waals surface area contributed by atoms with Crippen molar-refractivity contribution < 1.29 is 4.79 Å². The number of hydrogen-bond acceptors (Lipinski definition) is 3. The lowest BCUT2D eigenvalue weighted by atomic mass is 10.0. The number of imidazole rings is 1. The minimum Gasteiger partial charge on any atom is -0.348 e. The number of aromatic nitrogens is 4. The Morgan fingerprint density at radius 1 is 1.17 bits per heavy atom. The van der Waals surface area contributed by atoms with Crippen LogP contribution in [0, 0.1) is 6.92 Å². The highest BCUT2D eigenvalue weighted by Gasteiger charge is 2.15. The van der Waals surface area contributed by atoms with Gasteiger partial charge in [0.1, 0.15) is 12.4 Å². The van der Waals surface area contributed by atoms with Crippen molar-refractivity contribution in [3.8, 4) is 0 Å². The number of nitrogens with one attached hydrogen (secondary N) is 1. The van der Waals surface area contributed by atoms with Crippen LogP contribution in [0.3, 0.4) is 0 Å². The maximum absolute atomic E-state index is 12.3. The normalized spacial score (nSPS) is 12.0. The molecule has 0 fully saturated rings. The standard InChI is InChI=1S/C18H21N5O/c1-15-19-10-13-22(15)12-8-17(16-6-3-2-4-7-16)21-18(24)14-23-11-5-9-20-23/h2-7,9-11,13,17H,8,12,14H2,1H3,(H,21,24)/t17-/m1/s1. The van der Waals surface area contributed by atoms with Gasteiger partial charge >= 0.3 is 0 Å². The van der Waals surface area contributed by atoms with E-state index in [9.17, 15) is 4.79 Å². The fourth-order valence-electron chi connectivity index (χ4n) is 2.70. The highest BCUT2D eigenvalue weighted by Crippen LogP contribution is 2.18. The highest BCUT2D eigenvalue weighted by atomic mass is 16.2. The molecule has 0 aliphatic carbocycles. The van der Waals surface area contributed by atoms with Gasteiger partial charge in [-0.05, 0) is 25.0 Å². The summed E-state index contributed by atoms with van der Waals surface area (Å²) in [6.45, 7) is 3.00. The molecule has 1 aromatic carbocycles. The third-order valence-electron chi connectivity index (χ3n) is 3.98. The van der Waals surface area contributed by atoms with Gasteiger partial charge in [-0.15, -0.1) is 0 Å². The molecular formula is C18H21N5O. The number of benzene rings is 1. The maximum atomic E-state index is 12.3. The molecule has 0 unspecified atom stereocenters. The Kier molecular flexibility index (Phi) is 5.05. The van der Waals surface area contributed by atoms with E-state index in [0.717, 1.165) is 24.4 Å². The summed E-state index contributed by atoms with van der Waals surface area (Å²) in [4.78, 5) is 16.6. The molecule has 2 heterocycles. The van der Waals surface area contributed by atoms with Gasteiger partial charge in [-0.3, -0.25) is 9.48 Å². The molecule has 124 valence electrons. The topological polar surface area (TPSA) is 64.7 Å². The molecule has 6 heteroatoms. The third kappa shape index (κ3) is 4.10. The first-order valence-electron chi connectivity index (χ1n) is 8.02. The summed E-state index contributed by atoms with van der Waals surface area (Å²) in [5.74, 6) is 0.930. The van der Waals surface area contributed by atoms with Crippen LogP contribution in [-0.4, -0.2) is 25.2 Å². The van der Waals surface area contributed by atoms with Gasteiger partial charge < -0.3 is 9.88 Å². The Bertz CT molecular complexity index is 764. The van der Waals surface area contributed by atoms with Crippen molar-refractivity contribution in [3.63, 3.8) is 0 Å². The number of carbonyl (C=O) groups excluding carboxylic acids is 1. The minimum absolute atomic E-state index is 0.0453. The Balaban J connectivity index is 1.67. The number of aryl methyl sites for hydroxylation is 2. The predicted molar refractivity (Wildman–Crippen MR) is 91.1 cm³/mol. The lowest BCUT2D eigenvalue weighted by Gasteiger charge is -2.20. The first-order valence-corrected chi connectivity index (χ1v) is 8.02. The van der Waals surface area contributed by atoms with Crippen LogP contribution in [0.4, 0.5) is 0 Å². The van der Waals surface area contributed by atoms with Crippen molar-refractivity contribution in [2.75, 3.05) is 0 Å². The summed E-state index contributed by atoms with van der Waals surface area (Å²) < 4.78 is 3.72. The zero-order chi connectivity index (χ0) is 16.8. The molecule has 0 saturated carbocycles. The highest BCUT2D eigenvalue weighted by molar-refractivity contribution is 5.76. The van der Waals surface area contributed by atoms with Gasteiger partial charge in [-0.1, -0.05) is 30.3 Å². The molecule has 3 rings (SSSR count). The zero-order valence-corrected chi connectivity index (χ0v) is 13.7. The predicted octanol–water partition coefficient (Wildman–Crippen LogP) is 2.34. The quantitative estimate of drug-likeness (QED) is 0.726. The van der Waals surface area contributed by atoms with Crippen molar-refractivity contribution >= 4 is 5.91 Å². The van der Waals surface area contributed by atoms with Gasteiger partial charge in [0.2, 0.25) is 5.91 Å². The second-order valence-electron chi connectivity index (χ2n) is 5.69. The van der Waals surface area contributed by atoms with Crippen LogP contribution < -0.4 is 5.32 Å². The van der Waals surface area contributed by atoms with E-state index in [1.165, 1.54) is 0 Å². The molecule has 0 bridgehead atoms. The molecule has 0 spiro atoms. The van der Waals surface area contributed by atoms with E-state index >= 15 is 0 Å². The molecule has 0 aliphatic rings. The van der Waals surface area contributed by atoms with Gasteiger partial charge in [-0.25, -0.2) is 4.98 Å². The van der Waals surface area contributed by atoms with Crippen LogP contribution in [0.5, 0.6) is 0 Å². The average Bonchev–Trinajstić information content (AvgIpc) is 3.24. The number of carbonyl (C=O) groups is 1. The van der Waals surface area contributed by atoms with Crippen LogP contribution >= 0.6 is 0 Å². The zero-order valence-electron chi connectivity index (χ0n) is 13.7. The molecule has 0 aliphatic heterocycles. The second-order valence-corrected chi connectivity index (χ2v) is 5.69. The van der Waals surface area contributed by atoms with E-state index in [1.54, 1.807) is 23.3 Å². The van der Waals surface area contributed by atoms with Crippen molar-refractivity contribution in [2.24, 2.45) is 0 Å². The van der Waals surface area contributed by atoms with Crippen molar-refractivity contribution in [1.29, 1.82) is 0 Å². The van der Waals surface area contributed by atoms with E-state index in [4.69, 9.17) is 0 Å². The number of rotatable bonds is 7. The van der Waals surface area contributed by atoms with E-state index in [-0.39, 0.29) is 18.5 Å². The SMILES string of the molecule is Cc1nccn1CC[C@@H](NC(=O)Cn1cccn1)c1ccccc1. The van der Waals surface area contributed by atoms with Gasteiger partial charge in [-0.2, -0.15) is 5.10 Å². The molecule has 2 aromatic heterocycles. The second kappa shape index (κ2) is 7.59. The average molecular weight is 323 g/mol. The number of amides is 1. The smallest absolute Gasteiger partial charge is 0.242 e. The molecule has 0 saturated heterocycles. The number of nitrogens with zero attached hydrogens (tertiary/aromatic N) is 4. The third-order valence-corrected chi connectivity index (χ3v) is 3.98. The molecule has 1 atom stereocenters. The van der Waals surface area contributed by atoms with E-state index in [2.05, 4.69) is 20.0 Å². The molecule has 1 amide bonds. The van der Waals surface area contributed by atoms with Crippen molar-refractivity contribution in [3.05, 3.63) is 72.6 Å². The Morgan fingerprint density at radius 3 is 2.67 bits per heavy atom. The van der Waals surface area contributed by atoms with E-state index in [0.29, 0.717) is 0 Å². The van der Waals surface area contributed by atoms with Gasteiger partial charge in [0.15, 0.2) is 0 Å². The Labute approximate surface area is 141 Å². The number of hydrogen-bond donors (Lipinski definition) is 1. The first-order chi connectivity index (χ1) is 11.7. The van der Waals surface area contributed by atoms with Crippen LogP contribution in [-0.2, 0) is 17.9 Å². The molecular weight excluding hydrogens is 302 g/mol. The Hall–Kier alpha value is -2.89. The summed E-state index contributed by atoms with van der Waals surface area (Å²) in [6, 6.07) is 11.8. The van der Waals surface area contributed by atoms with Gasteiger partial charge in [0.25, 0.3) is 0 Å². The summed E-state index contributed by atoms with van der Waals surface area (Å²) in [7, 11) is 0. The van der Waals surface area contributed by atoms with Crippen molar-refractivity contribution in [2.45, 2.75) is 32.5 Å². The fourth-order valence-corrected chi connectivity index (χ4v) is 2.70. The summed E-state index contributed by atoms with van der Waals surface area (Å²) in [5, 5.41) is 7.20. The molecule has 6 nitrogen and oxygen atoms in total. The fraction of sp³-hybridized carbons (Fsp3) is 0.278. The summed E-state index contributed by atoms with van der Waals surface area (Å²) in [6.07, 6.45) is 8.01. The molecule has 3 aromatic rings. The lowest BCUT2D eigenvalue weighted by molar-refractivity contribution is -0.122. The van der Waals surface area contributed by atoms with Crippen LogP contribution in [0.2, 0.25) is 0 Å². The van der Waals surface area contributed by atoms with Crippen LogP contribution in [0.15, 0.2) is 61.2 Å². The van der Waals surface area contributed by atoms with Crippen LogP contribution in [0.25, 0.3) is 0 Å². The lowest BCUT2D eigenvalue weighted by Crippen LogP contribution is -2.32. The van der Waals surface area contributed by atoms with Crippen molar-refractivity contribution in [1.82, 2.24) is 24.6 Å². The van der Waals surface area contributed by atoms with E-state index in [1.807, 2.05) is 49.5 Å². The van der Waals surface area contributed by atoms with Crippen LogP contribution in [0.1, 0.15) is 23.9 Å². The summed E-state index contributed by atoms with van der Waals surface area (Å²) >= 11 is 0. The molecule has 1 N–H and O–H groups in total. The van der Waals surface area contributed by atoms with Gasteiger partial charge in [0.05, 0.1) is 6.04 Å². The summed E-state index contributed by atoms with van der Waals surface area (Å²) in [5.41, 5.74) is 1.10. The van der Waals surface area contributed by atoms with Gasteiger partial charge in [0, 0.05) is 31.3 Å². The first kappa shape index (κ1) is 16.0. The maximum Gasteiger partial charge on any atom is 0.242 e. The monoisotopic (exact) mass is 323 g/mol. The Morgan fingerprint density at radius 2 is 2.00 bits per heavy atom. The molecule has 0 radical (unpaired) electrons. The molecule has 24 heavy (non-hydrogen) atoms. The van der Waals surface area contributed by atoms with E-state index < -0.39 is 0 Å². The largest absolute Gasteiger partial charge is 0.348 e.